The van der Waals surface area contributed by atoms with E-state index in [0.717, 1.165) is 43.2 Å². The van der Waals surface area contributed by atoms with Crippen molar-refractivity contribution >= 4 is 17.3 Å². The normalized spacial score (nSPS) is 14.2. The van der Waals surface area contributed by atoms with E-state index in [0.29, 0.717) is 18.1 Å². The van der Waals surface area contributed by atoms with Gasteiger partial charge in [-0.15, -0.1) is 0 Å². The fourth-order valence-corrected chi connectivity index (χ4v) is 2.81. The van der Waals surface area contributed by atoms with Crippen LogP contribution in [0.1, 0.15) is 22.8 Å². The molecule has 0 unspecified atom stereocenters. The maximum absolute atomic E-state index is 12.6. The molecule has 6 nitrogen and oxygen atoms in total. The summed E-state index contributed by atoms with van der Waals surface area (Å²) in [7, 11) is 0. The summed E-state index contributed by atoms with van der Waals surface area (Å²) in [5.74, 6) is 0.129. The second kappa shape index (κ2) is 7.98. The Labute approximate surface area is 147 Å². The van der Waals surface area contributed by atoms with Crippen molar-refractivity contribution in [2.45, 2.75) is 13.8 Å². The zero-order chi connectivity index (χ0) is 17.6. The molecule has 0 spiro atoms. The number of hydrogen-bond acceptors (Lipinski definition) is 5. The Kier molecular flexibility index (Phi) is 5.50. The van der Waals surface area contributed by atoms with Crippen LogP contribution in [0.25, 0.3) is 0 Å². The molecular formula is C19H23N3O3. The third kappa shape index (κ3) is 4.09. The smallest absolute Gasteiger partial charge is 0.261 e. The molecule has 3 rings (SSSR count). The predicted molar refractivity (Wildman–Crippen MR) is 97.6 cm³/mol. The van der Waals surface area contributed by atoms with Crippen LogP contribution in [0.4, 0.5) is 11.4 Å². The van der Waals surface area contributed by atoms with Gasteiger partial charge >= 0.3 is 0 Å². The summed E-state index contributed by atoms with van der Waals surface area (Å²) in [5.41, 5.74) is 3.38. The van der Waals surface area contributed by atoms with Crippen molar-refractivity contribution in [2.75, 3.05) is 43.1 Å². The topological polar surface area (TPSA) is 63.7 Å². The van der Waals surface area contributed by atoms with E-state index in [1.54, 1.807) is 18.3 Å². The van der Waals surface area contributed by atoms with Gasteiger partial charge in [0, 0.05) is 30.7 Å². The fraction of sp³-hybridized carbons (Fsp3) is 0.368. The number of anilines is 2. The molecule has 132 valence electrons. The SMILES string of the molecule is CCOc1ncccc1C(=O)Nc1ccc(N2CCOCC2)cc1C. The van der Waals surface area contributed by atoms with Crippen LogP contribution in [0.2, 0.25) is 0 Å². The van der Waals surface area contributed by atoms with Gasteiger partial charge in [-0.2, -0.15) is 0 Å². The Bertz CT molecular complexity index is 742. The first kappa shape index (κ1) is 17.2. The van der Waals surface area contributed by atoms with E-state index < -0.39 is 0 Å². The van der Waals surface area contributed by atoms with Gasteiger partial charge in [0.1, 0.15) is 5.56 Å². The zero-order valence-corrected chi connectivity index (χ0v) is 14.6. The number of morpholine rings is 1. The van der Waals surface area contributed by atoms with Gasteiger partial charge in [-0.05, 0) is 49.7 Å². The summed E-state index contributed by atoms with van der Waals surface area (Å²) in [6, 6.07) is 9.50. The van der Waals surface area contributed by atoms with Crippen LogP contribution in [0, 0.1) is 6.92 Å². The molecule has 2 heterocycles. The highest BCUT2D eigenvalue weighted by atomic mass is 16.5. The van der Waals surface area contributed by atoms with Crippen LogP contribution in [-0.4, -0.2) is 43.8 Å². The Morgan fingerprint density at radius 2 is 2.12 bits per heavy atom. The third-order valence-corrected chi connectivity index (χ3v) is 4.13. The van der Waals surface area contributed by atoms with Crippen LogP contribution < -0.4 is 15.0 Å². The molecule has 0 radical (unpaired) electrons. The second-order valence-electron chi connectivity index (χ2n) is 5.84. The number of aryl methyl sites for hydroxylation is 1. The summed E-state index contributed by atoms with van der Waals surface area (Å²) >= 11 is 0. The standard InChI is InChI=1S/C19H23N3O3/c1-3-25-19-16(5-4-8-20-19)18(23)21-17-7-6-15(13-14(17)2)22-9-11-24-12-10-22/h4-8,13H,3,9-12H2,1-2H3,(H,21,23). The molecule has 1 aromatic carbocycles. The van der Waals surface area contributed by atoms with Crippen LogP contribution in [0.15, 0.2) is 36.5 Å². The predicted octanol–water partition coefficient (Wildman–Crippen LogP) is 2.88. The first-order chi connectivity index (χ1) is 12.2. The van der Waals surface area contributed by atoms with E-state index in [1.807, 2.05) is 26.0 Å². The summed E-state index contributed by atoms with van der Waals surface area (Å²) in [5, 5.41) is 2.95. The number of benzene rings is 1. The van der Waals surface area contributed by atoms with Gasteiger partial charge in [-0.1, -0.05) is 0 Å². The van der Waals surface area contributed by atoms with E-state index >= 15 is 0 Å². The number of ether oxygens (including phenoxy) is 2. The van der Waals surface area contributed by atoms with E-state index in [2.05, 4.69) is 21.3 Å². The molecule has 0 saturated carbocycles. The number of carbonyl (C=O) groups excluding carboxylic acids is 1. The van der Waals surface area contributed by atoms with Gasteiger partial charge in [0.05, 0.1) is 19.8 Å². The van der Waals surface area contributed by atoms with Gasteiger partial charge in [-0.3, -0.25) is 4.79 Å². The lowest BCUT2D eigenvalue weighted by atomic mass is 10.1. The summed E-state index contributed by atoms with van der Waals surface area (Å²) in [6.45, 7) is 7.59. The first-order valence-corrected chi connectivity index (χ1v) is 8.51. The molecule has 1 aliphatic rings. The summed E-state index contributed by atoms with van der Waals surface area (Å²) in [4.78, 5) is 19.0. The van der Waals surface area contributed by atoms with Crippen molar-refractivity contribution in [3.63, 3.8) is 0 Å². The molecule has 0 aliphatic carbocycles. The van der Waals surface area contributed by atoms with Gasteiger partial charge in [0.2, 0.25) is 5.88 Å². The Morgan fingerprint density at radius 1 is 1.32 bits per heavy atom. The minimum Gasteiger partial charge on any atom is -0.477 e. The molecule has 0 atom stereocenters. The van der Waals surface area contributed by atoms with Crippen molar-refractivity contribution in [1.29, 1.82) is 0 Å². The minimum absolute atomic E-state index is 0.223. The van der Waals surface area contributed by atoms with E-state index in [-0.39, 0.29) is 5.91 Å². The number of nitrogens with zero attached hydrogens (tertiary/aromatic N) is 2. The van der Waals surface area contributed by atoms with Gasteiger partial charge in [-0.25, -0.2) is 4.98 Å². The molecule has 1 aromatic heterocycles. The van der Waals surface area contributed by atoms with Crippen molar-refractivity contribution in [2.24, 2.45) is 0 Å². The van der Waals surface area contributed by atoms with E-state index in [4.69, 9.17) is 9.47 Å². The molecule has 1 amide bonds. The van der Waals surface area contributed by atoms with Crippen molar-refractivity contribution in [1.82, 2.24) is 4.98 Å². The molecule has 1 N–H and O–H groups in total. The van der Waals surface area contributed by atoms with Crippen LogP contribution >= 0.6 is 0 Å². The molecule has 1 fully saturated rings. The maximum Gasteiger partial charge on any atom is 0.261 e. The lowest BCUT2D eigenvalue weighted by Gasteiger charge is -2.29. The number of carbonyl (C=O) groups is 1. The number of pyridine rings is 1. The molecular weight excluding hydrogens is 318 g/mol. The lowest BCUT2D eigenvalue weighted by molar-refractivity contribution is 0.102. The van der Waals surface area contributed by atoms with E-state index in [1.165, 1.54) is 0 Å². The second-order valence-corrected chi connectivity index (χ2v) is 5.84. The fourth-order valence-electron chi connectivity index (χ4n) is 2.81. The summed E-state index contributed by atoms with van der Waals surface area (Å²) < 4.78 is 10.8. The lowest BCUT2D eigenvalue weighted by Crippen LogP contribution is -2.36. The quantitative estimate of drug-likeness (QED) is 0.906. The highest BCUT2D eigenvalue weighted by Gasteiger charge is 2.16. The van der Waals surface area contributed by atoms with Crippen molar-refractivity contribution in [3.8, 4) is 5.88 Å². The van der Waals surface area contributed by atoms with Crippen molar-refractivity contribution in [3.05, 3.63) is 47.7 Å². The molecule has 25 heavy (non-hydrogen) atoms. The largest absolute Gasteiger partial charge is 0.477 e. The van der Waals surface area contributed by atoms with Gasteiger partial charge in [0.25, 0.3) is 5.91 Å². The maximum atomic E-state index is 12.6. The number of nitrogens with one attached hydrogen (secondary N) is 1. The average molecular weight is 341 g/mol. The Hall–Kier alpha value is -2.60. The van der Waals surface area contributed by atoms with Crippen LogP contribution in [0.3, 0.4) is 0 Å². The molecule has 2 aromatic rings. The first-order valence-electron chi connectivity index (χ1n) is 8.51. The third-order valence-electron chi connectivity index (χ3n) is 4.13. The minimum atomic E-state index is -0.223. The molecule has 0 bridgehead atoms. The Balaban J connectivity index is 1.75. The molecule has 1 saturated heterocycles. The Morgan fingerprint density at radius 3 is 2.84 bits per heavy atom. The van der Waals surface area contributed by atoms with Gasteiger partial charge in [0.15, 0.2) is 0 Å². The van der Waals surface area contributed by atoms with Crippen LogP contribution in [0.5, 0.6) is 5.88 Å². The molecule has 1 aliphatic heterocycles. The number of rotatable bonds is 5. The molecule has 6 heteroatoms. The zero-order valence-electron chi connectivity index (χ0n) is 14.6. The van der Waals surface area contributed by atoms with Gasteiger partial charge < -0.3 is 19.7 Å². The number of aromatic nitrogens is 1. The monoisotopic (exact) mass is 341 g/mol. The number of amides is 1. The average Bonchev–Trinajstić information content (AvgIpc) is 2.65. The van der Waals surface area contributed by atoms with Crippen LogP contribution in [-0.2, 0) is 4.74 Å². The number of hydrogen-bond donors (Lipinski definition) is 1. The highest BCUT2D eigenvalue weighted by molar-refractivity contribution is 6.06. The summed E-state index contributed by atoms with van der Waals surface area (Å²) in [6.07, 6.45) is 1.62. The van der Waals surface area contributed by atoms with E-state index in [9.17, 15) is 4.79 Å². The highest BCUT2D eigenvalue weighted by Crippen LogP contribution is 2.25. The van der Waals surface area contributed by atoms with Crippen molar-refractivity contribution < 1.29 is 14.3 Å².